The highest BCUT2D eigenvalue weighted by molar-refractivity contribution is 6.76. The van der Waals surface area contributed by atoms with Crippen LogP contribution in [0.4, 0.5) is 0 Å². The van der Waals surface area contributed by atoms with Gasteiger partial charge in [0.2, 0.25) is 11.8 Å². The smallest absolute Gasteiger partial charge is 0.262 e. The summed E-state index contributed by atoms with van der Waals surface area (Å²) in [4.78, 5) is 39.6. The summed E-state index contributed by atoms with van der Waals surface area (Å²) in [7, 11) is -1.21. The molecule has 236 valence electrons. The Bertz CT molecular complexity index is 1010. The van der Waals surface area contributed by atoms with Crippen LogP contribution in [0.2, 0.25) is 25.7 Å². The van der Waals surface area contributed by atoms with Crippen LogP contribution in [0.25, 0.3) is 0 Å². The van der Waals surface area contributed by atoms with Gasteiger partial charge in [-0.25, -0.2) is 0 Å². The second kappa shape index (κ2) is 18.8. The van der Waals surface area contributed by atoms with Gasteiger partial charge in [-0.1, -0.05) is 89.7 Å². The number of hydrogen-bond acceptors (Lipinski definition) is 6. The van der Waals surface area contributed by atoms with Crippen molar-refractivity contribution in [3.63, 3.8) is 0 Å². The maximum absolute atomic E-state index is 13.6. The molecule has 3 amide bonds. The molecule has 4 N–H and O–H groups in total. The van der Waals surface area contributed by atoms with Gasteiger partial charge in [-0.05, 0) is 43.9 Å². The lowest BCUT2D eigenvalue weighted by atomic mass is 9.99. The van der Waals surface area contributed by atoms with Crippen molar-refractivity contribution in [2.24, 2.45) is 5.73 Å². The summed E-state index contributed by atoms with van der Waals surface area (Å²) in [5.74, 6) is -0.703. The molecule has 0 saturated carbocycles. The number of nitrogens with one attached hydrogen (secondary N) is 1. The van der Waals surface area contributed by atoms with Crippen LogP contribution >= 0.6 is 0 Å². The zero-order valence-corrected chi connectivity index (χ0v) is 27.1. The summed E-state index contributed by atoms with van der Waals surface area (Å²) >= 11 is 0. The second-order valence-electron chi connectivity index (χ2n) is 12.4. The minimum atomic E-state index is -1.21. The molecule has 0 spiro atoms. The Morgan fingerprint density at radius 2 is 1.71 bits per heavy atom. The van der Waals surface area contributed by atoms with Crippen LogP contribution in [0.1, 0.15) is 87.9 Å². The number of unbranched alkanes of at least 4 members (excludes halogenated alkanes) is 5. The molecule has 1 aliphatic heterocycles. The SMILES string of the molecule is CCCCCC[C@H](CCCCC[C@@H](O)C(N)=O)NC(=O)[C@@H]1CC=CN1C(=O)c1ccccc1OCOCC[Si](C)(C)C. The maximum atomic E-state index is 13.6. The average Bonchev–Trinajstić information content (AvgIpc) is 3.44. The number of carbonyl (C=O) groups excluding carboxylic acids is 3. The van der Waals surface area contributed by atoms with E-state index in [-0.39, 0.29) is 24.6 Å². The lowest BCUT2D eigenvalue weighted by Crippen LogP contribution is -2.48. The zero-order chi connectivity index (χ0) is 31.0. The largest absolute Gasteiger partial charge is 0.467 e. The standard InChI is InChI=1S/C32H53N3O6Si/c1-5-6-7-9-15-25(16-10-8-11-19-28(36)30(33)37)34-31(38)27-18-14-21-35(27)32(39)26-17-12-13-20-29(26)41-24-40-22-23-42(2,3)4/h12-14,17,20-21,25,27-28,36H,5-11,15-16,18-19,22-24H2,1-4H3,(H2,33,37)(H,34,38)/t25-,27+,28-/m1/s1. The fourth-order valence-corrected chi connectivity index (χ4v) is 5.62. The number of aliphatic hydroxyl groups excluding tert-OH is 1. The van der Waals surface area contributed by atoms with Crippen LogP contribution in [0.5, 0.6) is 5.75 Å². The van der Waals surface area contributed by atoms with Gasteiger partial charge in [-0.2, -0.15) is 0 Å². The van der Waals surface area contributed by atoms with Crippen molar-refractivity contribution in [2.75, 3.05) is 13.4 Å². The number of primary amides is 1. The van der Waals surface area contributed by atoms with Gasteiger partial charge < -0.3 is 30.5 Å². The van der Waals surface area contributed by atoms with Crippen LogP contribution in [0.15, 0.2) is 36.5 Å². The molecule has 2 rings (SSSR count). The zero-order valence-electron chi connectivity index (χ0n) is 26.1. The number of rotatable bonds is 21. The molecule has 42 heavy (non-hydrogen) atoms. The van der Waals surface area contributed by atoms with Gasteiger partial charge in [0.15, 0.2) is 6.79 Å². The molecule has 0 radical (unpaired) electrons. The van der Waals surface area contributed by atoms with Crippen molar-refractivity contribution < 1.29 is 29.0 Å². The van der Waals surface area contributed by atoms with Gasteiger partial charge in [0.25, 0.3) is 5.91 Å². The molecule has 0 aliphatic carbocycles. The number of carbonyl (C=O) groups is 3. The molecule has 9 nitrogen and oxygen atoms in total. The predicted octanol–water partition coefficient (Wildman–Crippen LogP) is 5.36. The highest BCUT2D eigenvalue weighted by atomic mass is 28.3. The number of hydrogen-bond donors (Lipinski definition) is 3. The second-order valence-corrected chi connectivity index (χ2v) is 18.1. The Balaban J connectivity index is 1.97. The molecule has 0 saturated heterocycles. The summed E-state index contributed by atoms with van der Waals surface area (Å²) in [6, 6.07) is 7.47. The van der Waals surface area contributed by atoms with E-state index in [1.165, 1.54) is 4.90 Å². The third kappa shape index (κ3) is 13.1. The van der Waals surface area contributed by atoms with E-state index in [1.807, 2.05) is 12.1 Å². The Labute approximate surface area is 253 Å². The first-order chi connectivity index (χ1) is 20.0. The average molecular weight is 604 g/mol. The van der Waals surface area contributed by atoms with Gasteiger partial charge >= 0.3 is 0 Å². The third-order valence-corrected chi connectivity index (χ3v) is 9.23. The van der Waals surface area contributed by atoms with E-state index >= 15 is 0 Å². The highest BCUT2D eigenvalue weighted by Crippen LogP contribution is 2.25. The molecule has 1 aromatic carbocycles. The molecule has 1 aliphatic rings. The van der Waals surface area contributed by atoms with Gasteiger partial charge in [-0.15, -0.1) is 0 Å². The molecule has 10 heteroatoms. The summed E-state index contributed by atoms with van der Waals surface area (Å²) < 4.78 is 11.5. The van der Waals surface area contributed by atoms with Crippen molar-refractivity contribution in [2.45, 2.75) is 121 Å². The van der Waals surface area contributed by atoms with Crippen molar-refractivity contribution >= 4 is 25.8 Å². The number of aliphatic hydroxyl groups is 1. The molecule has 0 aromatic heterocycles. The molecular weight excluding hydrogens is 550 g/mol. The maximum Gasteiger partial charge on any atom is 0.262 e. The van der Waals surface area contributed by atoms with Crippen LogP contribution < -0.4 is 15.8 Å². The first-order valence-corrected chi connectivity index (χ1v) is 19.3. The lowest BCUT2D eigenvalue weighted by molar-refractivity contribution is -0.126. The van der Waals surface area contributed by atoms with Crippen molar-refractivity contribution in [3.8, 4) is 5.75 Å². The number of para-hydroxylation sites is 1. The quantitative estimate of drug-likeness (QED) is 0.0985. The van der Waals surface area contributed by atoms with Crippen LogP contribution in [0, 0.1) is 0 Å². The van der Waals surface area contributed by atoms with E-state index in [0.29, 0.717) is 37.2 Å². The Hall–Kier alpha value is -2.69. The van der Waals surface area contributed by atoms with Crippen molar-refractivity contribution in [3.05, 3.63) is 42.1 Å². The fraction of sp³-hybridized carbons (Fsp3) is 0.656. The first-order valence-electron chi connectivity index (χ1n) is 15.6. The molecule has 3 atom stereocenters. The number of amides is 3. The molecule has 0 bridgehead atoms. The summed E-state index contributed by atoms with van der Waals surface area (Å²) in [6.45, 7) is 9.72. The number of nitrogens with zero attached hydrogens (tertiary/aromatic N) is 1. The van der Waals surface area contributed by atoms with E-state index in [0.717, 1.165) is 57.4 Å². The van der Waals surface area contributed by atoms with E-state index in [9.17, 15) is 19.5 Å². The van der Waals surface area contributed by atoms with Crippen molar-refractivity contribution in [1.82, 2.24) is 10.2 Å². The normalized spacial score (nSPS) is 16.3. The molecule has 0 unspecified atom stereocenters. The molecule has 0 fully saturated rings. The van der Waals surface area contributed by atoms with Crippen LogP contribution in [-0.4, -0.2) is 67.4 Å². The summed E-state index contributed by atoms with van der Waals surface area (Å²) in [5, 5.41) is 12.8. The number of ether oxygens (including phenoxy) is 2. The van der Waals surface area contributed by atoms with Gasteiger partial charge in [0.05, 0.1) is 5.56 Å². The summed E-state index contributed by atoms with van der Waals surface area (Å²) in [5.41, 5.74) is 5.53. The number of benzene rings is 1. The first kappa shape index (κ1) is 35.5. The van der Waals surface area contributed by atoms with Gasteiger partial charge in [0.1, 0.15) is 17.9 Å². The minimum Gasteiger partial charge on any atom is -0.467 e. The van der Waals surface area contributed by atoms with E-state index < -0.39 is 26.1 Å². The third-order valence-electron chi connectivity index (χ3n) is 7.52. The Kier molecular flexibility index (Phi) is 15.9. The van der Waals surface area contributed by atoms with E-state index in [1.54, 1.807) is 24.4 Å². The minimum absolute atomic E-state index is 0.00287. The topological polar surface area (TPSA) is 131 Å². The highest BCUT2D eigenvalue weighted by Gasteiger charge is 2.33. The van der Waals surface area contributed by atoms with Gasteiger partial charge in [-0.3, -0.25) is 14.4 Å². The molecule has 1 aromatic rings. The number of nitrogens with two attached hydrogens (primary N) is 1. The monoisotopic (exact) mass is 603 g/mol. The van der Waals surface area contributed by atoms with Crippen LogP contribution in [0.3, 0.4) is 0 Å². The van der Waals surface area contributed by atoms with Crippen molar-refractivity contribution in [1.29, 1.82) is 0 Å². The molecular formula is C32H53N3O6Si. The van der Waals surface area contributed by atoms with E-state index in [2.05, 4.69) is 31.9 Å². The lowest BCUT2D eigenvalue weighted by Gasteiger charge is -2.27. The van der Waals surface area contributed by atoms with Crippen LogP contribution in [-0.2, 0) is 14.3 Å². The fourth-order valence-electron chi connectivity index (χ4n) is 4.87. The predicted molar refractivity (Wildman–Crippen MR) is 169 cm³/mol. The Morgan fingerprint density at radius 3 is 2.38 bits per heavy atom. The van der Waals surface area contributed by atoms with Gasteiger partial charge in [0, 0.05) is 26.9 Å². The summed E-state index contributed by atoms with van der Waals surface area (Å²) in [6.07, 6.45) is 11.7. The van der Waals surface area contributed by atoms with E-state index in [4.69, 9.17) is 15.2 Å². The Morgan fingerprint density at radius 1 is 1.05 bits per heavy atom. The molecule has 1 heterocycles.